The van der Waals surface area contributed by atoms with Gasteiger partial charge in [0.25, 0.3) is 5.91 Å². The van der Waals surface area contributed by atoms with Crippen LogP contribution < -0.4 is 10.1 Å². The Morgan fingerprint density at radius 3 is 2.90 bits per heavy atom. The van der Waals surface area contributed by atoms with Gasteiger partial charge in [0, 0.05) is 23.6 Å². The minimum atomic E-state index is -1.01. The van der Waals surface area contributed by atoms with Crippen molar-refractivity contribution in [3.05, 3.63) is 28.6 Å². The molecule has 2 heterocycles. The molecule has 2 N–H and O–H groups in total. The van der Waals surface area contributed by atoms with Crippen LogP contribution in [0.15, 0.2) is 23.7 Å². The molecule has 1 amide bonds. The van der Waals surface area contributed by atoms with Crippen LogP contribution in [0.1, 0.15) is 29.6 Å². The zero-order valence-corrected chi connectivity index (χ0v) is 12.4. The summed E-state index contributed by atoms with van der Waals surface area (Å²) < 4.78 is 6.94. The van der Waals surface area contributed by atoms with Crippen LogP contribution in [0.4, 0.5) is 5.82 Å². The summed E-state index contributed by atoms with van der Waals surface area (Å²) in [5, 5.41) is 17.1. The fraction of sp³-hybridized carbons (Fsp3) is 0.308. The second kappa shape index (κ2) is 6.40. The summed E-state index contributed by atoms with van der Waals surface area (Å²) in [4.78, 5) is 22.7. The number of rotatable bonds is 6. The first-order chi connectivity index (χ1) is 9.97. The summed E-state index contributed by atoms with van der Waals surface area (Å²) in [7, 11) is 0. The first kappa shape index (κ1) is 15.0. The van der Waals surface area contributed by atoms with Crippen LogP contribution in [0.2, 0.25) is 0 Å². The Bertz CT molecular complexity index is 647. The van der Waals surface area contributed by atoms with E-state index in [1.165, 1.54) is 6.07 Å². The molecule has 2 rings (SSSR count). The van der Waals surface area contributed by atoms with Crippen LogP contribution in [0.25, 0.3) is 0 Å². The molecule has 0 bridgehead atoms. The highest BCUT2D eigenvalue weighted by Crippen LogP contribution is 2.21. The van der Waals surface area contributed by atoms with Gasteiger partial charge in [0.15, 0.2) is 6.61 Å². The molecule has 112 valence electrons. The van der Waals surface area contributed by atoms with Crippen molar-refractivity contribution in [2.24, 2.45) is 0 Å². The number of amides is 1. The smallest absolute Gasteiger partial charge is 0.346 e. The topological polar surface area (TPSA) is 93.5 Å². The van der Waals surface area contributed by atoms with Crippen LogP contribution in [-0.4, -0.2) is 33.4 Å². The third-order valence-electron chi connectivity index (χ3n) is 2.58. The number of nitrogens with zero attached hydrogens (tertiary/aromatic N) is 2. The fourth-order valence-electron chi connectivity index (χ4n) is 1.66. The van der Waals surface area contributed by atoms with E-state index in [1.54, 1.807) is 22.3 Å². The molecule has 0 radical (unpaired) electrons. The average Bonchev–Trinajstić information content (AvgIpc) is 3.04. The number of carbonyl (C=O) groups is 2. The summed E-state index contributed by atoms with van der Waals surface area (Å²) in [6.45, 7) is 3.72. The highest BCUT2D eigenvalue weighted by Gasteiger charge is 2.12. The lowest BCUT2D eigenvalue weighted by atomic mass is 10.4. The number of hydrogen-bond acceptors (Lipinski definition) is 5. The zero-order valence-electron chi connectivity index (χ0n) is 11.6. The van der Waals surface area contributed by atoms with Crippen molar-refractivity contribution in [1.29, 1.82) is 0 Å². The maximum absolute atomic E-state index is 11.8. The molecule has 0 saturated carbocycles. The van der Waals surface area contributed by atoms with Gasteiger partial charge in [0.05, 0.1) is 6.20 Å². The normalized spacial score (nSPS) is 10.6. The number of carboxylic acid groups (broad SMARTS) is 1. The first-order valence-corrected chi connectivity index (χ1v) is 7.13. The molecule has 2 aromatic heterocycles. The minimum absolute atomic E-state index is 0.131. The van der Waals surface area contributed by atoms with Gasteiger partial charge >= 0.3 is 5.97 Å². The van der Waals surface area contributed by atoms with Gasteiger partial charge < -0.3 is 15.2 Å². The summed E-state index contributed by atoms with van der Waals surface area (Å²) in [6, 6.07) is 3.22. The van der Waals surface area contributed by atoms with E-state index in [4.69, 9.17) is 9.84 Å². The van der Waals surface area contributed by atoms with Crippen molar-refractivity contribution in [2.45, 2.75) is 19.9 Å². The molecule has 0 aliphatic rings. The van der Waals surface area contributed by atoms with Crippen molar-refractivity contribution >= 4 is 29.0 Å². The SMILES string of the molecule is CC(C)n1nccc1NC(=O)COc1csc(C(=O)O)c1. The van der Waals surface area contributed by atoms with Gasteiger partial charge in [0.1, 0.15) is 16.4 Å². The fourth-order valence-corrected chi connectivity index (χ4v) is 2.32. The van der Waals surface area contributed by atoms with Crippen LogP contribution in [0.5, 0.6) is 5.75 Å². The van der Waals surface area contributed by atoms with E-state index in [-0.39, 0.29) is 23.4 Å². The molecule has 7 nitrogen and oxygen atoms in total. The van der Waals surface area contributed by atoms with Gasteiger partial charge in [-0.05, 0) is 13.8 Å². The van der Waals surface area contributed by atoms with Crippen LogP contribution in [-0.2, 0) is 4.79 Å². The van der Waals surface area contributed by atoms with Crippen LogP contribution in [0, 0.1) is 0 Å². The molecule has 0 aliphatic carbocycles. The van der Waals surface area contributed by atoms with Gasteiger partial charge in [-0.2, -0.15) is 5.10 Å². The number of carbonyl (C=O) groups excluding carboxylic acids is 1. The van der Waals surface area contributed by atoms with E-state index in [1.807, 2.05) is 13.8 Å². The maximum atomic E-state index is 11.8. The summed E-state index contributed by atoms with van der Waals surface area (Å²) in [6.07, 6.45) is 1.61. The number of hydrogen-bond donors (Lipinski definition) is 2. The molecule has 0 fully saturated rings. The molecule has 0 aliphatic heterocycles. The molecule has 8 heteroatoms. The van der Waals surface area contributed by atoms with E-state index >= 15 is 0 Å². The number of nitrogens with one attached hydrogen (secondary N) is 1. The highest BCUT2D eigenvalue weighted by molar-refractivity contribution is 7.12. The molecular formula is C13H15N3O4S. The number of aromatic nitrogens is 2. The number of thiophene rings is 1. The number of ether oxygens (including phenoxy) is 1. The van der Waals surface area contributed by atoms with Crippen molar-refractivity contribution < 1.29 is 19.4 Å². The Kier molecular flexibility index (Phi) is 4.59. The Balaban J connectivity index is 1.89. The summed E-state index contributed by atoms with van der Waals surface area (Å²) in [5.74, 6) is -0.388. The number of anilines is 1. The quantitative estimate of drug-likeness (QED) is 0.853. The van der Waals surface area contributed by atoms with Gasteiger partial charge in [0.2, 0.25) is 0 Å². The Morgan fingerprint density at radius 1 is 1.52 bits per heavy atom. The van der Waals surface area contributed by atoms with Crippen molar-refractivity contribution in [2.75, 3.05) is 11.9 Å². The largest absolute Gasteiger partial charge is 0.483 e. The molecule has 0 unspecified atom stereocenters. The van der Waals surface area contributed by atoms with Gasteiger partial charge in [-0.25, -0.2) is 9.48 Å². The minimum Gasteiger partial charge on any atom is -0.483 e. The van der Waals surface area contributed by atoms with E-state index < -0.39 is 5.97 Å². The van der Waals surface area contributed by atoms with Gasteiger partial charge in [-0.1, -0.05) is 0 Å². The van der Waals surface area contributed by atoms with Gasteiger partial charge in [-0.3, -0.25) is 4.79 Å². The van der Waals surface area contributed by atoms with Crippen molar-refractivity contribution in [3.8, 4) is 5.75 Å². The number of aromatic carboxylic acids is 1. The standard InChI is InChI=1S/C13H15N3O4S/c1-8(2)16-11(3-4-14-16)15-12(17)6-20-9-5-10(13(18)19)21-7-9/h3-5,7-8H,6H2,1-2H3,(H,15,17)(H,18,19). The lowest BCUT2D eigenvalue weighted by Gasteiger charge is -2.11. The Morgan fingerprint density at radius 2 is 2.29 bits per heavy atom. The third kappa shape index (κ3) is 3.82. The molecule has 0 spiro atoms. The Hall–Kier alpha value is -2.35. The molecular weight excluding hydrogens is 294 g/mol. The predicted octanol–water partition coefficient (Wildman–Crippen LogP) is 2.24. The monoisotopic (exact) mass is 309 g/mol. The maximum Gasteiger partial charge on any atom is 0.346 e. The summed E-state index contributed by atoms with van der Waals surface area (Å²) >= 11 is 1.05. The number of carboxylic acids is 1. The zero-order chi connectivity index (χ0) is 15.4. The second-order valence-electron chi connectivity index (χ2n) is 4.54. The Labute approximate surface area is 125 Å². The van der Waals surface area contributed by atoms with Crippen LogP contribution in [0.3, 0.4) is 0 Å². The molecule has 0 atom stereocenters. The van der Waals surface area contributed by atoms with Crippen molar-refractivity contribution in [3.63, 3.8) is 0 Å². The second-order valence-corrected chi connectivity index (χ2v) is 5.45. The summed E-state index contributed by atoms with van der Waals surface area (Å²) in [5.41, 5.74) is 0. The lowest BCUT2D eigenvalue weighted by molar-refractivity contribution is -0.118. The lowest BCUT2D eigenvalue weighted by Crippen LogP contribution is -2.22. The molecule has 21 heavy (non-hydrogen) atoms. The first-order valence-electron chi connectivity index (χ1n) is 6.25. The van der Waals surface area contributed by atoms with E-state index in [2.05, 4.69) is 10.4 Å². The van der Waals surface area contributed by atoms with Crippen molar-refractivity contribution in [1.82, 2.24) is 9.78 Å². The van der Waals surface area contributed by atoms with Gasteiger partial charge in [-0.15, -0.1) is 11.3 Å². The van der Waals surface area contributed by atoms with E-state index in [9.17, 15) is 9.59 Å². The molecule has 0 aromatic carbocycles. The molecule has 0 saturated heterocycles. The predicted molar refractivity (Wildman–Crippen MR) is 78.0 cm³/mol. The molecule has 2 aromatic rings. The van der Waals surface area contributed by atoms with E-state index in [0.29, 0.717) is 11.6 Å². The van der Waals surface area contributed by atoms with E-state index in [0.717, 1.165) is 11.3 Å². The average molecular weight is 309 g/mol. The third-order valence-corrected chi connectivity index (χ3v) is 3.48. The van der Waals surface area contributed by atoms with Crippen LogP contribution >= 0.6 is 11.3 Å². The highest BCUT2D eigenvalue weighted by atomic mass is 32.1.